The zero-order valence-corrected chi connectivity index (χ0v) is 15.0. The van der Waals surface area contributed by atoms with Crippen LogP contribution in [-0.4, -0.2) is 18.0 Å². The van der Waals surface area contributed by atoms with Gasteiger partial charge in [0.2, 0.25) is 0 Å². The number of rotatable bonds is 6. The summed E-state index contributed by atoms with van der Waals surface area (Å²) in [7, 11) is 1.61. The van der Waals surface area contributed by atoms with Crippen molar-refractivity contribution >= 4 is 28.9 Å². The lowest BCUT2D eigenvalue weighted by Crippen LogP contribution is -2.23. The van der Waals surface area contributed by atoms with Crippen molar-refractivity contribution in [2.24, 2.45) is 0 Å². The van der Waals surface area contributed by atoms with Crippen LogP contribution in [0.4, 0.5) is 11.4 Å². The SMILES string of the molecule is COc1ccccc1Nc1ccnc(C(=O)NCc2ccc(Cl)cc2)c1. The van der Waals surface area contributed by atoms with E-state index >= 15 is 0 Å². The Kier molecular flexibility index (Phi) is 5.71. The summed E-state index contributed by atoms with van der Waals surface area (Å²) in [6.45, 7) is 0.405. The van der Waals surface area contributed by atoms with Crippen LogP contribution in [0.5, 0.6) is 5.75 Å². The van der Waals surface area contributed by atoms with Gasteiger partial charge in [-0.05, 0) is 42.0 Å². The molecule has 1 amide bonds. The van der Waals surface area contributed by atoms with E-state index in [0.29, 0.717) is 17.3 Å². The number of hydrogen-bond donors (Lipinski definition) is 2. The van der Waals surface area contributed by atoms with E-state index in [1.54, 1.807) is 37.6 Å². The van der Waals surface area contributed by atoms with Gasteiger partial charge in [0.15, 0.2) is 0 Å². The first-order valence-corrected chi connectivity index (χ1v) is 8.42. The van der Waals surface area contributed by atoms with Crippen LogP contribution in [0.3, 0.4) is 0 Å². The van der Waals surface area contributed by atoms with Crippen LogP contribution in [0.25, 0.3) is 0 Å². The number of carbonyl (C=O) groups excluding carboxylic acids is 1. The maximum Gasteiger partial charge on any atom is 0.270 e. The van der Waals surface area contributed by atoms with Crippen LogP contribution in [0.1, 0.15) is 16.1 Å². The minimum atomic E-state index is -0.247. The highest BCUT2D eigenvalue weighted by Crippen LogP contribution is 2.26. The Morgan fingerprint density at radius 3 is 2.65 bits per heavy atom. The molecule has 26 heavy (non-hydrogen) atoms. The van der Waals surface area contributed by atoms with Gasteiger partial charge in [0, 0.05) is 23.5 Å². The van der Waals surface area contributed by atoms with Gasteiger partial charge >= 0.3 is 0 Å². The second-order valence-electron chi connectivity index (χ2n) is 5.56. The standard InChI is InChI=1S/C20H18ClN3O2/c1-26-19-5-3-2-4-17(19)24-16-10-11-22-18(12-16)20(25)23-13-14-6-8-15(21)9-7-14/h2-12H,13H2,1H3,(H,22,24)(H,23,25). The molecule has 2 N–H and O–H groups in total. The van der Waals surface area contributed by atoms with E-state index in [0.717, 1.165) is 22.7 Å². The number of hydrogen-bond acceptors (Lipinski definition) is 4. The molecule has 0 radical (unpaired) electrons. The summed E-state index contributed by atoms with van der Waals surface area (Å²) in [6.07, 6.45) is 1.59. The number of amides is 1. The summed E-state index contributed by atoms with van der Waals surface area (Å²) >= 11 is 5.86. The predicted molar refractivity (Wildman–Crippen MR) is 103 cm³/mol. The van der Waals surface area contributed by atoms with Crippen LogP contribution < -0.4 is 15.4 Å². The molecule has 0 saturated carbocycles. The molecule has 3 aromatic rings. The van der Waals surface area contributed by atoms with Crippen molar-refractivity contribution in [2.75, 3.05) is 12.4 Å². The zero-order valence-electron chi connectivity index (χ0n) is 14.2. The smallest absolute Gasteiger partial charge is 0.270 e. The van der Waals surface area contributed by atoms with Crippen molar-refractivity contribution < 1.29 is 9.53 Å². The van der Waals surface area contributed by atoms with Gasteiger partial charge in [-0.2, -0.15) is 0 Å². The normalized spacial score (nSPS) is 10.2. The fourth-order valence-electron chi connectivity index (χ4n) is 2.41. The van der Waals surface area contributed by atoms with Crippen molar-refractivity contribution in [1.82, 2.24) is 10.3 Å². The molecule has 5 nitrogen and oxygen atoms in total. The number of carbonyl (C=O) groups is 1. The lowest BCUT2D eigenvalue weighted by Gasteiger charge is -2.11. The average Bonchev–Trinajstić information content (AvgIpc) is 2.68. The maximum atomic E-state index is 12.4. The number of anilines is 2. The van der Waals surface area contributed by atoms with Gasteiger partial charge in [-0.25, -0.2) is 0 Å². The number of benzene rings is 2. The van der Waals surface area contributed by atoms with E-state index < -0.39 is 0 Å². The molecule has 0 aliphatic heterocycles. The molecule has 3 rings (SSSR count). The highest BCUT2D eigenvalue weighted by molar-refractivity contribution is 6.30. The summed E-state index contributed by atoms with van der Waals surface area (Å²) in [6, 6.07) is 18.4. The summed E-state index contributed by atoms with van der Waals surface area (Å²) in [4.78, 5) is 16.5. The molecular formula is C20H18ClN3O2. The number of aromatic nitrogens is 1. The average molecular weight is 368 g/mol. The van der Waals surface area contributed by atoms with Crippen LogP contribution >= 0.6 is 11.6 Å². The monoisotopic (exact) mass is 367 g/mol. The minimum absolute atomic E-state index is 0.247. The molecule has 132 valence electrons. The zero-order chi connectivity index (χ0) is 18.4. The molecule has 0 unspecified atom stereocenters. The highest BCUT2D eigenvalue weighted by Gasteiger charge is 2.09. The van der Waals surface area contributed by atoms with E-state index in [-0.39, 0.29) is 5.91 Å². The van der Waals surface area contributed by atoms with Crippen molar-refractivity contribution in [3.05, 3.63) is 83.1 Å². The van der Waals surface area contributed by atoms with Gasteiger partial charge in [-0.3, -0.25) is 9.78 Å². The van der Waals surface area contributed by atoms with E-state index in [9.17, 15) is 4.79 Å². The number of para-hydroxylation sites is 2. The Bertz CT molecular complexity index is 898. The molecule has 1 aromatic heterocycles. The Hall–Kier alpha value is -3.05. The van der Waals surface area contributed by atoms with E-state index in [1.807, 2.05) is 36.4 Å². The number of methoxy groups -OCH3 is 1. The summed E-state index contributed by atoms with van der Waals surface area (Å²) in [5.41, 5.74) is 2.86. The molecule has 0 spiro atoms. The molecule has 6 heteroatoms. The van der Waals surface area contributed by atoms with Crippen molar-refractivity contribution in [3.63, 3.8) is 0 Å². The van der Waals surface area contributed by atoms with Crippen LogP contribution in [0.15, 0.2) is 66.9 Å². The fourth-order valence-corrected chi connectivity index (χ4v) is 2.54. The third kappa shape index (κ3) is 4.52. The second kappa shape index (κ2) is 8.36. The maximum absolute atomic E-state index is 12.4. The molecule has 2 aromatic carbocycles. The molecule has 1 heterocycles. The van der Waals surface area contributed by atoms with Crippen molar-refractivity contribution in [2.45, 2.75) is 6.54 Å². The van der Waals surface area contributed by atoms with Crippen LogP contribution in [0.2, 0.25) is 5.02 Å². The quantitative estimate of drug-likeness (QED) is 0.677. The molecule has 0 saturated heterocycles. The lowest BCUT2D eigenvalue weighted by molar-refractivity contribution is 0.0946. The first kappa shape index (κ1) is 17.8. The largest absolute Gasteiger partial charge is 0.495 e. The third-order valence-electron chi connectivity index (χ3n) is 3.74. The van der Waals surface area contributed by atoms with Gasteiger partial charge in [-0.15, -0.1) is 0 Å². The number of ether oxygens (including phenoxy) is 1. The Morgan fingerprint density at radius 1 is 1.12 bits per heavy atom. The third-order valence-corrected chi connectivity index (χ3v) is 4.00. The Morgan fingerprint density at radius 2 is 1.88 bits per heavy atom. The fraction of sp³-hybridized carbons (Fsp3) is 0.100. The lowest BCUT2D eigenvalue weighted by atomic mass is 10.2. The Labute approximate surface area is 157 Å². The first-order valence-electron chi connectivity index (χ1n) is 8.04. The summed E-state index contributed by atoms with van der Waals surface area (Å²) < 4.78 is 5.32. The topological polar surface area (TPSA) is 63.2 Å². The number of halogens is 1. The van der Waals surface area contributed by atoms with Crippen molar-refractivity contribution in [1.29, 1.82) is 0 Å². The van der Waals surface area contributed by atoms with E-state index in [4.69, 9.17) is 16.3 Å². The van der Waals surface area contributed by atoms with E-state index in [1.165, 1.54) is 0 Å². The van der Waals surface area contributed by atoms with E-state index in [2.05, 4.69) is 15.6 Å². The van der Waals surface area contributed by atoms with Gasteiger partial charge in [0.1, 0.15) is 11.4 Å². The van der Waals surface area contributed by atoms with Crippen LogP contribution in [-0.2, 0) is 6.54 Å². The molecule has 0 atom stereocenters. The van der Waals surface area contributed by atoms with Gasteiger partial charge in [-0.1, -0.05) is 35.9 Å². The predicted octanol–water partition coefficient (Wildman–Crippen LogP) is 4.42. The first-order chi connectivity index (χ1) is 12.7. The summed E-state index contributed by atoms with van der Waals surface area (Å²) in [5, 5.41) is 6.75. The number of nitrogens with one attached hydrogen (secondary N) is 2. The number of nitrogens with zero attached hydrogens (tertiary/aromatic N) is 1. The van der Waals surface area contributed by atoms with Crippen molar-refractivity contribution in [3.8, 4) is 5.75 Å². The second-order valence-corrected chi connectivity index (χ2v) is 6.00. The molecule has 0 aliphatic rings. The minimum Gasteiger partial charge on any atom is -0.495 e. The summed E-state index contributed by atoms with van der Waals surface area (Å²) in [5.74, 6) is 0.474. The number of pyridine rings is 1. The Balaban J connectivity index is 1.68. The molecule has 0 bridgehead atoms. The van der Waals surface area contributed by atoms with Gasteiger partial charge < -0.3 is 15.4 Å². The molecular weight excluding hydrogens is 350 g/mol. The van der Waals surface area contributed by atoms with Gasteiger partial charge in [0.25, 0.3) is 5.91 Å². The van der Waals surface area contributed by atoms with Crippen LogP contribution in [0, 0.1) is 0 Å². The highest BCUT2D eigenvalue weighted by atomic mass is 35.5. The molecule has 0 aliphatic carbocycles. The van der Waals surface area contributed by atoms with Gasteiger partial charge in [0.05, 0.1) is 12.8 Å². The molecule has 0 fully saturated rings.